The highest BCUT2D eigenvalue weighted by molar-refractivity contribution is 5.35. The van der Waals surface area contributed by atoms with Crippen molar-refractivity contribution >= 4 is 0 Å². The number of nitrogens with one attached hydrogen (secondary N) is 1. The molecule has 0 bridgehead atoms. The van der Waals surface area contributed by atoms with Crippen molar-refractivity contribution in [3.05, 3.63) is 35.4 Å². The summed E-state index contributed by atoms with van der Waals surface area (Å²) in [4.78, 5) is 0. The molecule has 1 N–H and O–H groups in total. The summed E-state index contributed by atoms with van der Waals surface area (Å²) >= 11 is 0. The summed E-state index contributed by atoms with van der Waals surface area (Å²) in [6.07, 6.45) is 9.82. The molecule has 1 saturated carbocycles. The molecule has 0 aromatic heterocycles. The minimum Gasteiger partial charge on any atom is -0.307 e. The predicted molar refractivity (Wildman–Crippen MR) is 86.0 cm³/mol. The van der Waals surface area contributed by atoms with Crippen molar-refractivity contribution in [1.29, 1.82) is 0 Å². The minimum absolute atomic E-state index is 0.583. The highest BCUT2D eigenvalue weighted by Crippen LogP contribution is 2.38. The SMILES string of the molecule is CC1CCC(N[C@H](C)C2CCCCC2)c2ccccc21. The van der Waals surface area contributed by atoms with E-state index >= 15 is 0 Å². The minimum atomic E-state index is 0.583. The normalized spacial score (nSPS) is 28.9. The fourth-order valence-corrected chi connectivity index (χ4v) is 4.27. The Hall–Kier alpha value is -0.820. The van der Waals surface area contributed by atoms with Crippen LogP contribution in [0.5, 0.6) is 0 Å². The van der Waals surface area contributed by atoms with E-state index in [0.717, 1.165) is 11.8 Å². The van der Waals surface area contributed by atoms with Crippen LogP contribution >= 0.6 is 0 Å². The van der Waals surface area contributed by atoms with E-state index in [9.17, 15) is 0 Å². The zero-order chi connectivity index (χ0) is 13.9. The van der Waals surface area contributed by atoms with Crippen LogP contribution in [0, 0.1) is 5.92 Å². The Balaban J connectivity index is 1.70. The van der Waals surface area contributed by atoms with Gasteiger partial charge in [-0.2, -0.15) is 0 Å². The standard InChI is InChI=1S/C19H29N/c1-14-12-13-19(18-11-7-6-10-17(14)18)20-15(2)16-8-4-3-5-9-16/h6-7,10-11,14-16,19-20H,3-5,8-9,12-13H2,1-2H3/t14?,15-,19?/m1/s1. The maximum absolute atomic E-state index is 3.97. The Labute approximate surface area is 124 Å². The summed E-state index contributed by atoms with van der Waals surface area (Å²) in [5.41, 5.74) is 3.14. The van der Waals surface area contributed by atoms with Crippen LogP contribution in [0.15, 0.2) is 24.3 Å². The second-order valence-electron chi connectivity index (χ2n) is 7.01. The van der Waals surface area contributed by atoms with Crippen molar-refractivity contribution in [2.24, 2.45) is 5.92 Å². The molecule has 2 aliphatic carbocycles. The average molecular weight is 271 g/mol. The fourth-order valence-electron chi connectivity index (χ4n) is 4.27. The lowest BCUT2D eigenvalue weighted by molar-refractivity contribution is 0.254. The van der Waals surface area contributed by atoms with Gasteiger partial charge in [0, 0.05) is 12.1 Å². The molecule has 1 nitrogen and oxygen atoms in total. The smallest absolute Gasteiger partial charge is 0.0325 e. The molecule has 0 spiro atoms. The van der Waals surface area contributed by atoms with E-state index in [-0.39, 0.29) is 0 Å². The van der Waals surface area contributed by atoms with Crippen LogP contribution in [0.25, 0.3) is 0 Å². The Bertz CT molecular complexity index is 433. The second kappa shape index (κ2) is 6.30. The summed E-state index contributed by atoms with van der Waals surface area (Å²) in [6, 6.07) is 10.3. The monoisotopic (exact) mass is 271 g/mol. The summed E-state index contributed by atoms with van der Waals surface area (Å²) < 4.78 is 0. The highest BCUT2D eigenvalue weighted by atomic mass is 15.0. The molecule has 2 unspecified atom stereocenters. The van der Waals surface area contributed by atoms with E-state index in [1.807, 2.05) is 0 Å². The lowest BCUT2D eigenvalue weighted by atomic mass is 9.79. The summed E-state index contributed by atoms with van der Waals surface area (Å²) in [7, 11) is 0. The van der Waals surface area contributed by atoms with E-state index in [4.69, 9.17) is 0 Å². The lowest BCUT2D eigenvalue weighted by Crippen LogP contribution is -2.38. The van der Waals surface area contributed by atoms with Crippen LogP contribution in [0.2, 0.25) is 0 Å². The highest BCUT2D eigenvalue weighted by Gasteiger charge is 2.27. The molecular weight excluding hydrogens is 242 g/mol. The Morgan fingerprint density at radius 3 is 2.40 bits per heavy atom. The first-order valence-electron chi connectivity index (χ1n) is 8.60. The van der Waals surface area contributed by atoms with E-state index in [0.29, 0.717) is 12.1 Å². The van der Waals surface area contributed by atoms with Gasteiger partial charge in [-0.25, -0.2) is 0 Å². The molecule has 0 amide bonds. The fraction of sp³-hybridized carbons (Fsp3) is 0.684. The average Bonchev–Trinajstić information content (AvgIpc) is 2.51. The predicted octanol–water partition coefficient (Wildman–Crippen LogP) is 5.18. The van der Waals surface area contributed by atoms with Gasteiger partial charge in [-0.3, -0.25) is 0 Å². The van der Waals surface area contributed by atoms with Crippen molar-refractivity contribution in [1.82, 2.24) is 5.32 Å². The molecule has 1 aromatic carbocycles. The molecule has 2 aliphatic rings. The summed E-state index contributed by atoms with van der Waals surface area (Å²) in [6.45, 7) is 4.79. The van der Waals surface area contributed by atoms with Gasteiger partial charge in [0.1, 0.15) is 0 Å². The number of fused-ring (bicyclic) bond motifs is 1. The summed E-state index contributed by atoms with van der Waals surface area (Å²) in [5.74, 6) is 1.63. The number of hydrogen-bond acceptors (Lipinski definition) is 1. The lowest BCUT2D eigenvalue weighted by Gasteiger charge is -2.36. The van der Waals surface area contributed by atoms with Gasteiger partial charge < -0.3 is 5.32 Å². The maximum Gasteiger partial charge on any atom is 0.0325 e. The third-order valence-electron chi connectivity index (χ3n) is 5.61. The van der Waals surface area contributed by atoms with Crippen molar-refractivity contribution in [2.75, 3.05) is 0 Å². The van der Waals surface area contributed by atoms with E-state index in [1.54, 1.807) is 11.1 Å². The van der Waals surface area contributed by atoms with Crippen LogP contribution in [-0.2, 0) is 0 Å². The quantitative estimate of drug-likeness (QED) is 0.798. The van der Waals surface area contributed by atoms with Crippen LogP contribution in [0.1, 0.15) is 81.9 Å². The summed E-state index contributed by atoms with van der Waals surface area (Å²) in [5, 5.41) is 3.97. The van der Waals surface area contributed by atoms with Gasteiger partial charge >= 0.3 is 0 Å². The first-order valence-corrected chi connectivity index (χ1v) is 8.60. The van der Waals surface area contributed by atoms with Crippen LogP contribution in [0.4, 0.5) is 0 Å². The third kappa shape index (κ3) is 2.93. The van der Waals surface area contributed by atoms with Gasteiger partial charge in [0.05, 0.1) is 0 Å². The molecule has 20 heavy (non-hydrogen) atoms. The van der Waals surface area contributed by atoms with Crippen molar-refractivity contribution in [3.8, 4) is 0 Å². The van der Waals surface area contributed by atoms with Gasteiger partial charge in [-0.15, -0.1) is 0 Å². The Morgan fingerprint density at radius 1 is 0.950 bits per heavy atom. The number of rotatable bonds is 3. The zero-order valence-corrected chi connectivity index (χ0v) is 13.1. The first-order chi connectivity index (χ1) is 9.75. The van der Waals surface area contributed by atoms with Crippen LogP contribution in [0.3, 0.4) is 0 Å². The number of hydrogen-bond donors (Lipinski definition) is 1. The van der Waals surface area contributed by atoms with Crippen molar-refractivity contribution in [2.45, 2.75) is 76.8 Å². The number of benzene rings is 1. The van der Waals surface area contributed by atoms with Crippen LogP contribution in [-0.4, -0.2) is 6.04 Å². The zero-order valence-electron chi connectivity index (χ0n) is 13.1. The van der Waals surface area contributed by atoms with Gasteiger partial charge in [-0.1, -0.05) is 50.5 Å². The first kappa shape index (κ1) is 14.1. The Kier molecular flexibility index (Phi) is 4.45. The van der Waals surface area contributed by atoms with Gasteiger partial charge in [0.2, 0.25) is 0 Å². The molecule has 1 heteroatoms. The molecular formula is C19H29N. The molecule has 3 rings (SSSR count). The van der Waals surface area contributed by atoms with E-state index in [1.165, 1.54) is 44.9 Å². The molecule has 1 fully saturated rings. The van der Waals surface area contributed by atoms with Gasteiger partial charge in [-0.05, 0) is 55.6 Å². The van der Waals surface area contributed by atoms with Crippen LogP contribution < -0.4 is 5.32 Å². The molecule has 0 heterocycles. The Morgan fingerprint density at radius 2 is 1.65 bits per heavy atom. The molecule has 1 aromatic rings. The molecule has 0 aliphatic heterocycles. The third-order valence-corrected chi connectivity index (χ3v) is 5.61. The van der Waals surface area contributed by atoms with Gasteiger partial charge in [0.15, 0.2) is 0 Å². The topological polar surface area (TPSA) is 12.0 Å². The van der Waals surface area contributed by atoms with Crippen molar-refractivity contribution < 1.29 is 0 Å². The van der Waals surface area contributed by atoms with Gasteiger partial charge in [0.25, 0.3) is 0 Å². The molecule has 3 atom stereocenters. The van der Waals surface area contributed by atoms with Crippen molar-refractivity contribution in [3.63, 3.8) is 0 Å². The molecule has 110 valence electrons. The largest absolute Gasteiger partial charge is 0.307 e. The van der Waals surface area contributed by atoms with E-state index < -0.39 is 0 Å². The van der Waals surface area contributed by atoms with E-state index in [2.05, 4.69) is 43.4 Å². The molecule has 0 radical (unpaired) electrons. The second-order valence-corrected chi connectivity index (χ2v) is 7.01. The maximum atomic E-state index is 3.97. The molecule has 0 saturated heterocycles.